The number of benzene rings is 2. The highest BCUT2D eigenvalue weighted by atomic mass is 19.1. The third-order valence-electron chi connectivity index (χ3n) is 6.23. The summed E-state index contributed by atoms with van der Waals surface area (Å²) < 4.78 is 20.6. The first-order valence-corrected chi connectivity index (χ1v) is 12.8. The number of piperidine rings is 1. The number of likely N-dealkylation sites (tertiary alicyclic amines) is 1. The van der Waals surface area contributed by atoms with E-state index in [-0.39, 0.29) is 36.8 Å². The van der Waals surface area contributed by atoms with Gasteiger partial charge >= 0.3 is 11.8 Å². The summed E-state index contributed by atoms with van der Waals surface area (Å²) >= 11 is 0. The molecule has 0 radical (unpaired) electrons. The minimum Gasteiger partial charge on any atom is -0.444 e. The minimum absolute atomic E-state index is 0.0607. The molecular weight excluding hydrogens is 503 g/mol. The van der Waals surface area contributed by atoms with Crippen LogP contribution in [-0.4, -0.2) is 56.8 Å². The van der Waals surface area contributed by atoms with Crippen LogP contribution in [0.15, 0.2) is 67.0 Å². The van der Waals surface area contributed by atoms with Crippen LogP contribution in [0.3, 0.4) is 0 Å². The van der Waals surface area contributed by atoms with Crippen molar-refractivity contribution in [3.05, 3.63) is 88.2 Å². The van der Waals surface area contributed by atoms with E-state index in [1.165, 1.54) is 11.2 Å². The van der Waals surface area contributed by atoms with Gasteiger partial charge in [-0.1, -0.05) is 60.7 Å². The Labute approximate surface area is 227 Å². The Morgan fingerprint density at radius 1 is 1.10 bits per heavy atom. The molecule has 10 nitrogen and oxygen atoms in total. The van der Waals surface area contributed by atoms with E-state index < -0.39 is 28.8 Å². The van der Waals surface area contributed by atoms with Gasteiger partial charge in [0.1, 0.15) is 18.1 Å². The zero-order chi connectivity index (χ0) is 28.0. The van der Waals surface area contributed by atoms with E-state index in [1.807, 2.05) is 65.6 Å². The van der Waals surface area contributed by atoms with Gasteiger partial charge in [-0.3, -0.25) is 10.1 Å². The van der Waals surface area contributed by atoms with E-state index in [9.17, 15) is 14.9 Å². The van der Waals surface area contributed by atoms with Gasteiger partial charge < -0.3 is 19.9 Å². The second-order valence-electron chi connectivity index (χ2n) is 10.5. The highest BCUT2D eigenvalue weighted by Crippen LogP contribution is 2.35. The lowest BCUT2D eigenvalue weighted by atomic mass is 10.0. The number of carbonyl (C=O) groups is 1. The van der Waals surface area contributed by atoms with Gasteiger partial charge in [-0.15, -0.1) is 0 Å². The van der Waals surface area contributed by atoms with Crippen LogP contribution in [-0.2, 0) is 17.8 Å². The summed E-state index contributed by atoms with van der Waals surface area (Å²) in [5, 5.41) is 15.3. The van der Waals surface area contributed by atoms with Gasteiger partial charge in [0.15, 0.2) is 0 Å². The Kier molecular flexibility index (Phi) is 8.58. The third-order valence-corrected chi connectivity index (χ3v) is 6.23. The standard InChI is InChI=1S/C28H33FN6O4/c1-28(2,3)39-27(36)33-15-14-23(22(29)18-33)32-25-24(35(37)38)26(31-19-30-25)34(16-20-10-6-4-7-11-20)17-21-12-8-5-9-13-21/h4-13,19,22-23H,14-18H2,1-3H3,(H,30,31,32)/t22-,23+/m0/s1. The molecule has 3 aromatic rings. The van der Waals surface area contributed by atoms with Crippen molar-refractivity contribution in [2.24, 2.45) is 0 Å². The number of amides is 1. The number of nitrogens with zero attached hydrogens (tertiary/aromatic N) is 5. The normalized spacial score (nSPS) is 17.4. The van der Waals surface area contributed by atoms with E-state index >= 15 is 4.39 Å². The van der Waals surface area contributed by atoms with E-state index in [2.05, 4.69) is 15.3 Å². The molecule has 206 valence electrons. The van der Waals surface area contributed by atoms with Crippen LogP contribution < -0.4 is 10.2 Å². The first-order valence-electron chi connectivity index (χ1n) is 12.8. The molecule has 1 fully saturated rings. The smallest absolute Gasteiger partial charge is 0.410 e. The fourth-order valence-corrected chi connectivity index (χ4v) is 4.42. The summed E-state index contributed by atoms with van der Waals surface area (Å²) in [6.07, 6.45) is -0.587. The molecule has 11 heteroatoms. The topological polar surface area (TPSA) is 114 Å². The van der Waals surface area contributed by atoms with E-state index in [4.69, 9.17) is 4.74 Å². The third kappa shape index (κ3) is 7.40. The summed E-state index contributed by atoms with van der Waals surface area (Å²) in [6.45, 7) is 6.03. The van der Waals surface area contributed by atoms with Gasteiger partial charge in [-0.2, -0.15) is 0 Å². The molecule has 0 aliphatic carbocycles. The number of hydrogen-bond acceptors (Lipinski definition) is 8. The van der Waals surface area contributed by atoms with Crippen LogP contribution in [0, 0.1) is 10.1 Å². The fourth-order valence-electron chi connectivity index (χ4n) is 4.42. The molecule has 1 saturated heterocycles. The molecule has 0 saturated carbocycles. The lowest BCUT2D eigenvalue weighted by molar-refractivity contribution is -0.383. The van der Waals surface area contributed by atoms with Crippen LogP contribution in [0.1, 0.15) is 38.3 Å². The monoisotopic (exact) mass is 536 g/mol. The minimum atomic E-state index is -1.48. The first-order chi connectivity index (χ1) is 18.6. The van der Waals surface area contributed by atoms with Crippen LogP contribution in [0.4, 0.5) is 26.5 Å². The van der Waals surface area contributed by atoms with Crippen molar-refractivity contribution in [1.82, 2.24) is 14.9 Å². The van der Waals surface area contributed by atoms with Crippen LogP contribution in [0.25, 0.3) is 0 Å². The molecule has 0 spiro atoms. The maximum absolute atomic E-state index is 15.2. The van der Waals surface area contributed by atoms with E-state index in [1.54, 1.807) is 20.8 Å². The fraction of sp³-hybridized carbons (Fsp3) is 0.393. The second-order valence-corrected chi connectivity index (χ2v) is 10.5. The molecule has 1 N–H and O–H groups in total. The zero-order valence-electron chi connectivity index (χ0n) is 22.3. The lowest BCUT2D eigenvalue weighted by Gasteiger charge is -2.36. The molecule has 1 aliphatic heterocycles. The number of halogens is 1. The average molecular weight is 537 g/mol. The van der Waals surface area contributed by atoms with Gasteiger partial charge in [-0.25, -0.2) is 19.2 Å². The summed E-state index contributed by atoms with van der Waals surface area (Å²) in [7, 11) is 0. The van der Waals surface area contributed by atoms with Crippen molar-refractivity contribution in [1.29, 1.82) is 0 Å². The number of ether oxygens (including phenoxy) is 1. The van der Waals surface area contributed by atoms with Gasteiger partial charge in [-0.05, 0) is 38.3 Å². The number of hydrogen-bond donors (Lipinski definition) is 1. The molecule has 39 heavy (non-hydrogen) atoms. The molecule has 0 bridgehead atoms. The Hall–Kier alpha value is -4.28. The summed E-state index contributed by atoms with van der Waals surface area (Å²) in [5.41, 5.74) is 0.885. The Morgan fingerprint density at radius 3 is 2.21 bits per heavy atom. The quantitative estimate of drug-likeness (QED) is 0.303. The van der Waals surface area contributed by atoms with Crippen LogP contribution >= 0.6 is 0 Å². The maximum Gasteiger partial charge on any atom is 0.410 e. The number of anilines is 2. The van der Waals surface area contributed by atoms with Crippen molar-refractivity contribution in [3.63, 3.8) is 0 Å². The molecular formula is C28H33FN6O4. The van der Waals surface area contributed by atoms with Crippen molar-refractivity contribution < 1.29 is 18.8 Å². The second kappa shape index (κ2) is 12.1. The molecule has 0 unspecified atom stereocenters. The summed E-state index contributed by atoms with van der Waals surface area (Å²) in [5.74, 6) is 0.0706. The van der Waals surface area contributed by atoms with Gasteiger partial charge in [0.25, 0.3) is 0 Å². The first kappa shape index (κ1) is 27.7. The molecule has 2 heterocycles. The SMILES string of the molecule is CC(C)(C)OC(=O)N1CC[C@@H](Nc2ncnc(N(Cc3ccccc3)Cc3ccccc3)c2[N+](=O)[O-])[C@@H](F)C1. The molecule has 4 rings (SSSR count). The largest absolute Gasteiger partial charge is 0.444 e. The number of aromatic nitrogens is 2. The molecule has 1 amide bonds. The number of rotatable bonds is 8. The lowest BCUT2D eigenvalue weighted by Crippen LogP contribution is -2.51. The van der Waals surface area contributed by atoms with Crippen molar-refractivity contribution in [2.45, 2.75) is 58.1 Å². The van der Waals surface area contributed by atoms with Crippen molar-refractivity contribution >= 4 is 23.4 Å². The maximum atomic E-state index is 15.2. The van der Waals surface area contributed by atoms with Crippen molar-refractivity contribution in [2.75, 3.05) is 23.3 Å². The summed E-state index contributed by atoms with van der Waals surface area (Å²) in [6, 6.07) is 18.4. The highest BCUT2D eigenvalue weighted by Gasteiger charge is 2.36. The predicted molar refractivity (Wildman–Crippen MR) is 146 cm³/mol. The van der Waals surface area contributed by atoms with Crippen LogP contribution in [0.2, 0.25) is 0 Å². The summed E-state index contributed by atoms with van der Waals surface area (Å²) in [4.78, 5) is 35.8. The van der Waals surface area contributed by atoms with E-state index in [0.29, 0.717) is 13.1 Å². The van der Waals surface area contributed by atoms with Crippen molar-refractivity contribution in [3.8, 4) is 0 Å². The Morgan fingerprint density at radius 2 is 1.69 bits per heavy atom. The van der Waals surface area contributed by atoms with Gasteiger partial charge in [0.2, 0.25) is 11.6 Å². The molecule has 2 atom stereocenters. The predicted octanol–water partition coefficient (Wildman–Crippen LogP) is 5.35. The Bertz CT molecular complexity index is 1230. The van der Waals surface area contributed by atoms with E-state index in [0.717, 1.165) is 11.1 Å². The van der Waals surface area contributed by atoms with Gasteiger partial charge in [0, 0.05) is 19.6 Å². The molecule has 1 aromatic heterocycles. The zero-order valence-corrected chi connectivity index (χ0v) is 22.3. The molecule has 2 aromatic carbocycles. The average Bonchev–Trinajstić information content (AvgIpc) is 2.89. The Balaban J connectivity index is 1.59. The number of nitrogens with one attached hydrogen (secondary N) is 1. The number of carbonyl (C=O) groups excluding carboxylic acids is 1. The molecule has 1 aliphatic rings. The van der Waals surface area contributed by atoms with Gasteiger partial charge in [0.05, 0.1) is 17.5 Å². The number of alkyl halides is 1. The van der Waals surface area contributed by atoms with Crippen LogP contribution in [0.5, 0.6) is 0 Å². The highest BCUT2D eigenvalue weighted by molar-refractivity contribution is 5.71. The number of nitro groups is 1.